The van der Waals surface area contributed by atoms with Crippen molar-refractivity contribution in [3.05, 3.63) is 0 Å². The first kappa shape index (κ1) is 25.9. The standard InChI is InChI=1S/C5H9O.C3H7N2O3.2Y/c1-2-3-4-5-6;1-4-3(7,8)5-2-6;;/h2-4H2,1H3;4,7-8H,1H3,(H,5,6);;/q2*-1;;. The topological polar surface area (TPSA) is 98.7 Å². The molecular weight excluding hydrogens is 366 g/mol. The van der Waals surface area contributed by atoms with Crippen molar-refractivity contribution in [3.8, 4) is 0 Å². The van der Waals surface area contributed by atoms with Crippen molar-refractivity contribution < 1.29 is 85.2 Å². The molecule has 0 aliphatic rings. The first-order valence-corrected chi connectivity index (χ1v) is 4.17. The van der Waals surface area contributed by atoms with Gasteiger partial charge in [-0.1, -0.05) is 19.8 Å². The Kier molecular flexibility index (Phi) is 30.1. The van der Waals surface area contributed by atoms with Gasteiger partial charge in [-0.15, -0.1) is 0 Å². The molecule has 0 fully saturated rings. The van der Waals surface area contributed by atoms with Crippen LogP contribution in [0.3, 0.4) is 0 Å². The summed E-state index contributed by atoms with van der Waals surface area (Å²) in [6.45, 7) is 2.05. The van der Waals surface area contributed by atoms with Crippen molar-refractivity contribution in [1.82, 2.24) is 10.6 Å². The van der Waals surface area contributed by atoms with Gasteiger partial charge in [0.05, 0.1) is 0 Å². The monoisotopic (exact) mass is 382 g/mol. The third kappa shape index (κ3) is 24.5. The van der Waals surface area contributed by atoms with Gasteiger partial charge < -0.3 is 25.1 Å². The molecule has 0 rings (SSSR count). The van der Waals surface area contributed by atoms with Gasteiger partial charge >= 0.3 is 0 Å². The maximum Gasteiger partial charge on any atom is 0.280 e. The molecule has 4 N–H and O–H groups in total. The Balaban J connectivity index is -0.0000000825. The Hall–Kier alpha value is 1.23. The van der Waals surface area contributed by atoms with Gasteiger partial charge in [0.1, 0.15) is 0 Å². The first-order chi connectivity index (χ1) is 6.54. The largest absolute Gasteiger partial charge is 0.542 e. The first-order valence-electron chi connectivity index (χ1n) is 4.17. The molecule has 8 heteroatoms. The van der Waals surface area contributed by atoms with Gasteiger partial charge in [-0.05, 0) is 7.05 Å². The Labute approximate surface area is 146 Å². The van der Waals surface area contributed by atoms with Crippen molar-refractivity contribution in [2.75, 3.05) is 7.05 Å². The van der Waals surface area contributed by atoms with E-state index in [1.54, 1.807) is 5.32 Å². The molecule has 16 heavy (non-hydrogen) atoms. The van der Waals surface area contributed by atoms with Crippen LogP contribution in [0.2, 0.25) is 0 Å². The van der Waals surface area contributed by atoms with Crippen molar-refractivity contribution >= 4 is 12.7 Å². The number of amides is 1. The number of aliphatic hydroxyl groups is 2. The third-order valence-electron chi connectivity index (χ3n) is 1.21. The number of unbranched alkanes of at least 4 members (excludes halogenated alkanes) is 2. The average molecular weight is 382 g/mol. The van der Waals surface area contributed by atoms with E-state index in [1.807, 2.05) is 11.6 Å². The van der Waals surface area contributed by atoms with Crippen LogP contribution in [0.15, 0.2) is 0 Å². The van der Waals surface area contributed by atoms with Gasteiger partial charge in [-0.25, -0.2) is 0 Å². The summed E-state index contributed by atoms with van der Waals surface area (Å²) in [5, 5.41) is 20.3. The van der Waals surface area contributed by atoms with Crippen LogP contribution >= 0.6 is 0 Å². The molecule has 0 unspecified atom stereocenters. The molecule has 6 nitrogen and oxygen atoms in total. The van der Waals surface area contributed by atoms with E-state index in [2.05, 4.69) is 6.92 Å². The Morgan fingerprint density at radius 2 is 1.75 bits per heavy atom. The molecule has 0 bridgehead atoms. The van der Waals surface area contributed by atoms with Gasteiger partial charge in [0.2, 0.25) is 0 Å². The second-order valence-corrected chi connectivity index (χ2v) is 2.40. The van der Waals surface area contributed by atoms with E-state index in [0.717, 1.165) is 19.3 Å². The summed E-state index contributed by atoms with van der Waals surface area (Å²) in [5.74, 6) is 0. The molecule has 0 aliphatic carbocycles. The molecule has 0 aromatic heterocycles. The van der Waals surface area contributed by atoms with Crippen LogP contribution in [0, 0.1) is 0 Å². The van der Waals surface area contributed by atoms with Crippen LogP contribution in [0.4, 0.5) is 0 Å². The molecule has 0 aromatic rings. The molecule has 2 radical (unpaired) electrons. The van der Waals surface area contributed by atoms with Gasteiger partial charge in [0.25, 0.3) is 6.03 Å². The minimum absolute atomic E-state index is 0. The Morgan fingerprint density at radius 1 is 1.25 bits per heavy atom. The Morgan fingerprint density at radius 3 is 1.88 bits per heavy atom. The van der Waals surface area contributed by atoms with Gasteiger partial charge in [0, 0.05) is 65.4 Å². The van der Waals surface area contributed by atoms with E-state index < -0.39 is 6.03 Å². The molecule has 0 atom stereocenters. The van der Waals surface area contributed by atoms with E-state index >= 15 is 0 Å². The summed E-state index contributed by atoms with van der Waals surface area (Å²) in [4.78, 5) is 18.8. The summed E-state index contributed by atoms with van der Waals surface area (Å²) in [6, 6.07) is -2.33. The number of rotatable bonds is 6. The van der Waals surface area contributed by atoms with E-state index in [4.69, 9.17) is 10.2 Å². The maximum atomic E-state index is 9.44. The Bertz CT molecular complexity index is 159. The zero-order valence-corrected chi connectivity index (χ0v) is 15.2. The van der Waals surface area contributed by atoms with Gasteiger partial charge in [0.15, 0.2) is 0 Å². The zero-order chi connectivity index (χ0) is 11.4. The molecule has 0 aliphatic heterocycles. The molecule has 1 amide bonds. The second kappa shape index (κ2) is 18.6. The number of hydrogen-bond acceptors (Lipinski definition) is 5. The van der Waals surface area contributed by atoms with Crippen LogP contribution in [0.5, 0.6) is 0 Å². The summed E-state index contributed by atoms with van der Waals surface area (Å²) in [7, 11) is 1.27. The predicted octanol–water partition coefficient (Wildman–Crippen LogP) is -1.26. The minimum atomic E-state index is -2.33. The fourth-order valence-electron chi connectivity index (χ4n) is 0.383. The summed E-state index contributed by atoms with van der Waals surface area (Å²) >= 11 is 0. The molecule has 0 saturated heterocycles. The van der Waals surface area contributed by atoms with Crippen LogP contribution in [-0.4, -0.2) is 36.0 Å². The third-order valence-corrected chi connectivity index (χ3v) is 1.21. The van der Waals surface area contributed by atoms with E-state index in [9.17, 15) is 9.59 Å². The smallest absolute Gasteiger partial charge is 0.280 e. The molecule has 90 valence electrons. The fourth-order valence-corrected chi connectivity index (χ4v) is 0.383. The van der Waals surface area contributed by atoms with E-state index in [-0.39, 0.29) is 65.4 Å². The van der Waals surface area contributed by atoms with Crippen LogP contribution < -0.4 is 10.6 Å². The molecular formula is C8H16N2O4Y2-2. The molecule has 0 aromatic carbocycles. The van der Waals surface area contributed by atoms with Crippen molar-refractivity contribution in [2.24, 2.45) is 0 Å². The van der Waals surface area contributed by atoms with Gasteiger partial charge in [-0.2, -0.15) is 12.8 Å². The quantitative estimate of drug-likeness (QED) is 0.199. The maximum absolute atomic E-state index is 9.44. The number of carbonyl (C=O) groups excluding carboxylic acids is 2. The summed E-state index contributed by atoms with van der Waals surface area (Å²) in [5.41, 5.74) is 0. The van der Waals surface area contributed by atoms with E-state index in [1.165, 1.54) is 7.05 Å². The SMILES string of the molecule is CCCC[C-]=O.CNC(O)(O)N[C-]=O.[Y].[Y]. The van der Waals surface area contributed by atoms with Gasteiger partial charge in [-0.3, -0.25) is 11.6 Å². The number of nitrogens with one attached hydrogen (secondary N) is 2. The summed E-state index contributed by atoms with van der Waals surface area (Å²) < 4.78 is 0. The normalized spacial score (nSPS) is 8.50. The average Bonchev–Trinajstić information content (AvgIpc) is 2.16. The predicted molar refractivity (Wildman–Crippen MR) is 50.3 cm³/mol. The van der Waals surface area contributed by atoms with E-state index in [0.29, 0.717) is 6.42 Å². The minimum Gasteiger partial charge on any atom is -0.542 e. The number of hydrogen-bond donors (Lipinski definition) is 4. The van der Waals surface area contributed by atoms with Crippen LogP contribution in [0.1, 0.15) is 26.2 Å². The zero-order valence-electron chi connectivity index (χ0n) is 9.49. The van der Waals surface area contributed by atoms with Crippen molar-refractivity contribution in [3.63, 3.8) is 0 Å². The van der Waals surface area contributed by atoms with Crippen LogP contribution in [0.25, 0.3) is 0 Å². The molecule has 0 spiro atoms. The fraction of sp³-hybridized carbons (Fsp3) is 0.750. The van der Waals surface area contributed by atoms with Crippen molar-refractivity contribution in [1.29, 1.82) is 0 Å². The van der Waals surface area contributed by atoms with Crippen LogP contribution in [-0.2, 0) is 75.0 Å². The van der Waals surface area contributed by atoms with Crippen molar-refractivity contribution in [2.45, 2.75) is 32.2 Å². The molecule has 0 heterocycles. The summed E-state index contributed by atoms with van der Waals surface area (Å²) in [6.07, 6.45) is 5.60. The molecule has 0 saturated carbocycles. The second-order valence-electron chi connectivity index (χ2n) is 2.40.